The van der Waals surface area contributed by atoms with Gasteiger partial charge in [0.1, 0.15) is 6.61 Å². The third kappa shape index (κ3) is 61.4. The van der Waals surface area contributed by atoms with Gasteiger partial charge >= 0.3 is 12.3 Å². The monoisotopic (exact) mass is 1380 g/mol. The molecule has 0 aromatic heterocycles. The molecule has 2 fully saturated rings. The van der Waals surface area contributed by atoms with Crippen LogP contribution in [0.15, 0.2) is 0 Å². The normalized spacial score (nSPS) is 17.3. The first kappa shape index (κ1) is 86.6. The molecule has 17 heteroatoms. The maximum absolute atomic E-state index is 12.4. The van der Waals surface area contributed by atoms with Crippen LogP contribution < -0.4 is 27.6 Å². The van der Waals surface area contributed by atoms with Crippen LogP contribution in [0.3, 0.4) is 0 Å². The van der Waals surface area contributed by atoms with Gasteiger partial charge in [0.2, 0.25) is 5.91 Å². The summed E-state index contributed by atoms with van der Waals surface area (Å²) in [5, 5.41) is 5.96. The number of ether oxygens (including phenoxy) is 6. The summed E-state index contributed by atoms with van der Waals surface area (Å²) in [7, 11) is 13.2. The lowest BCUT2D eigenvalue weighted by Gasteiger charge is -2.34. The van der Waals surface area contributed by atoms with Crippen LogP contribution in [-0.2, 0) is 33.2 Å². The van der Waals surface area contributed by atoms with Crippen molar-refractivity contribution in [2.45, 2.75) is 234 Å². The van der Waals surface area contributed by atoms with E-state index in [1.807, 2.05) is 36.4 Å². The van der Waals surface area contributed by atoms with Crippen LogP contribution in [0.4, 0.5) is 18.0 Å². The van der Waals surface area contributed by atoms with Gasteiger partial charge in [0.15, 0.2) is 0 Å². The van der Waals surface area contributed by atoms with E-state index in [1.165, 1.54) is 129 Å². The van der Waals surface area contributed by atoms with Gasteiger partial charge < -0.3 is 60.5 Å². The van der Waals surface area contributed by atoms with Crippen molar-refractivity contribution < 1.29 is 74.0 Å². The Kier molecular flexibility index (Phi) is 62.7. The molecule has 2 atom stereocenters. The summed E-state index contributed by atoms with van der Waals surface area (Å²) >= 11 is 1.96. The van der Waals surface area contributed by atoms with Crippen molar-refractivity contribution in [3.63, 3.8) is 0 Å². The first-order chi connectivity index (χ1) is 41.1. The van der Waals surface area contributed by atoms with Crippen molar-refractivity contribution in [3.05, 3.63) is 0 Å². The number of carbonyl (C=O) groups is 2. The maximum atomic E-state index is 12.4. The van der Waals surface area contributed by atoms with Crippen LogP contribution in [0.25, 0.3) is 0 Å². The Morgan fingerprint density at radius 3 is 1.38 bits per heavy atom. The average Bonchev–Trinajstić information content (AvgIpc) is 3.59. The SMILES string of the molecule is CC#CC#CC#CC#CC#CC.CCCCCCCCCCCC[N+](C)(C)CCCCOCC(C)(COC)COCC(C)(CC)COCC(F)(F)F.CCCCCOC.COC(=O)NC1CCC(CC2CCC(NC(C)=O)CC2)CC1.[2H]CI.[2H][B].[Br-]. The molecule has 2 aliphatic rings. The summed E-state index contributed by atoms with van der Waals surface area (Å²) in [6.07, 6.45) is 26.3. The number of nitrogens with one attached hydrogen (secondary N) is 2. The van der Waals surface area contributed by atoms with E-state index in [4.69, 9.17) is 26.4 Å². The quantitative estimate of drug-likeness (QED) is 0.0159. The number of rotatable bonds is 36. The highest BCUT2D eigenvalue weighted by Crippen LogP contribution is 2.35. The molecule has 2 unspecified atom stereocenters. The Labute approximate surface area is 548 Å². The molecule has 85 heavy (non-hydrogen) atoms. The number of nitrogens with zero attached hydrogens (tertiary/aromatic N) is 1. The van der Waals surface area contributed by atoms with Crippen LogP contribution in [0.5, 0.6) is 0 Å². The van der Waals surface area contributed by atoms with E-state index in [1.54, 1.807) is 35.0 Å². The van der Waals surface area contributed by atoms with Crippen LogP contribution in [0.2, 0.25) is 0 Å². The fourth-order valence-electron chi connectivity index (χ4n) is 9.76. The number of hydrogen-bond acceptors (Lipinski definition) is 8. The molecule has 2 rings (SSSR count). The van der Waals surface area contributed by atoms with Crippen molar-refractivity contribution in [1.82, 2.24) is 10.6 Å². The van der Waals surface area contributed by atoms with Crippen molar-refractivity contribution in [1.29, 1.82) is 1.34 Å². The Morgan fingerprint density at radius 2 is 0.965 bits per heavy atom. The van der Waals surface area contributed by atoms with Crippen LogP contribution >= 0.6 is 22.6 Å². The smallest absolute Gasteiger partial charge is 0.411 e. The highest BCUT2D eigenvalue weighted by atomic mass is 127. The third-order valence-corrected chi connectivity index (χ3v) is 14.7. The Balaban J connectivity index is -0.000000394. The summed E-state index contributed by atoms with van der Waals surface area (Å²) in [6, 6.07) is 0.688. The molecule has 0 aliphatic heterocycles. The van der Waals surface area contributed by atoms with E-state index < -0.39 is 18.2 Å². The zero-order valence-electron chi connectivity index (χ0n) is 57.4. The number of hydrogen-bond donors (Lipinski definition) is 2. The van der Waals surface area contributed by atoms with Crippen molar-refractivity contribution in [2.75, 3.05) is 106 Å². The number of quaternary nitrogens is 1. The van der Waals surface area contributed by atoms with Gasteiger partial charge in [-0.15, -0.1) is 0 Å². The molecule has 492 valence electrons. The molecule has 0 aromatic rings. The number of methoxy groups -OCH3 is 3. The number of unbranched alkanes of at least 4 members (excludes halogenated alkanes) is 12. The molecule has 0 bridgehead atoms. The van der Waals surface area contributed by atoms with Crippen molar-refractivity contribution in [3.8, 4) is 59.2 Å². The van der Waals surface area contributed by atoms with Gasteiger partial charge in [-0.25, -0.2) is 4.79 Å². The summed E-state index contributed by atoms with van der Waals surface area (Å²) < 4.78 is 81.6. The van der Waals surface area contributed by atoms with E-state index in [9.17, 15) is 22.8 Å². The molecule has 2 radical (unpaired) electrons. The minimum absolute atomic E-state index is 0. The van der Waals surface area contributed by atoms with E-state index >= 15 is 0 Å². The Hall–Kier alpha value is -2.64. The summed E-state index contributed by atoms with van der Waals surface area (Å²) in [5.41, 5.74) is -0.792. The van der Waals surface area contributed by atoms with E-state index in [-0.39, 0.29) is 41.0 Å². The summed E-state index contributed by atoms with van der Waals surface area (Å²) in [4.78, 5) is 22.8. The molecule has 2 amide bonds. The highest BCUT2D eigenvalue weighted by molar-refractivity contribution is 14.1. The first-order valence-corrected chi connectivity index (χ1v) is 32.5. The number of amides is 2. The lowest BCUT2D eigenvalue weighted by atomic mass is 9.75. The molecule has 11 nitrogen and oxygen atoms in total. The third-order valence-electron chi connectivity index (χ3n) is 14.7. The second-order valence-electron chi connectivity index (χ2n) is 23.5. The van der Waals surface area contributed by atoms with Crippen LogP contribution in [0.1, 0.15) is 217 Å². The number of carbonyl (C=O) groups excluding carboxylic acids is 2. The Morgan fingerprint density at radius 1 is 0.576 bits per heavy atom. The second-order valence-corrected chi connectivity index (χ2v) is 23.5. The van der Waals surface area contributed by atoms with Crippen molar-refractivity contribution in [2.24, 2.45) is 22.7 Å². The summed E-state index contributed by atoms with van der Waals surface area (Å²) in [6.45, 7) is 20.0. The average molecular weight is 1380 g/mol. The van der Waals surface area contributed by atoms with Crippen molar-refractivity contribution >= 4 is 43.0 Å². The predicted octanol–water partition coefficient (Wildman–Crippen LogP) is 11.7. The van der Waals surface area contributed by atoms with Crippen LogP contribution in [-0.4, -0.2) is 151 Å². The highest BCUT2D eigenvalue weighted by Gasteiger charge is 2.32. The maximum Gasteiger partial charge on any atom is 0.411 e. The topological polar surface area (TPSA) is 114 Å². The molecule has 0 aromatic carbocycles. The molecule has 2 aliphatic carbocycles. The second kappa shape index (κ2) is 61.6. The lowest BCUT2D eigenvalue weighted by Crippen LogP contribution is -3.00. The standard InChI is InChI=1S/C32H65F3NO4.C17H30N2O3.C12H6.C6H14O.CH3I.BH.BrH/c1-8-10-11-12-13-14-15-16-17-18-21-36(5,6)22-19-20-23-38-27-31(4,24-37-7)28-39-25-30(3,9-2)26-40-29-32(33,34)35;1-12(20)18-15-7-3-13(4-8-15)11-14-5-9-16(10-6-14)19-17(21)22-2;1-3-5-7-9-11-12-10-8-6-4-2;1-3-4-5-6-7-2;1-2;;/h8-29H2,1-7H3;13-16H,3-11H2,1-2H3,(H,18,20)(H,19,21);1-2H3;3-6H2,1-2H3;1H3;2*1H/q+1;;;;;;/p-1/i;;;;2*1D;. The number of alkyl halides is 4. The van der Waals surface area contributed by atoms with Gasteiger partial charge in [-0.05, 0) is 176 Å². The van der Waals surface area contributed by atoms with Gasteiger partial charge in [0, 0.05) is 67.0 Å². The molecule has 0 heterocycles. The summed E-state index contributed by atoms with van der Waals surface area (Å²) in [5.74, 6) is 27.3. The van der Waals surface area contributed by atoms with Gasteiger partial charge in [0.05, 0.1) is 67.3 Å². The fraction of sp³-hybridized carbons (Fsp3) is 0.824. The number of alkyl carbamates (subject to hydrolysis) is 1. The number of halogens is 5. The van der Waals surface area contributed by atoms with E-state index in [0.29, 0.717) is 56.4 Å². The lowest BCUT2D eigenvalue weighted by molar-refractivity contribution is -0.890. The van der Waals surface area contributed by atoms with Gasteiger partial charge in [-0.2, -0.15) is 13.2 Å². The molecule has 2 N–H and O–H groups in total. The predicted molar refractivity (Wildman–Crippen MR) is 354 cm³/mol. The molecular formula is C68H119BBrF3IN3O8. The molecular weight excluding hydrogens is 1260 g/mol. The minimum Gasteiger partial charge on any atom is -1.00 e. The van der Waals surface area contributed by atoms with Gasteiger partial charge in [-0.3, -0.25) is 4.79 Å². The largest absolute Gasteiger partial charge is 1.00 e. The molecule has 0 spiro atoms. The van der Waals surface area contributed by atoms with Gasteiger partial charge in [-0.1, -0.05) is 133 Å². The van der Waals surface area contributed by atoms with Gasteiger partial charge in [0.25, 0.3) is 0 Å². The molecule has 2 saturated carbocycles. The molecule has 0 saturated heterocycles. The fourth-order valence-corrected chi connectivity index (χ4v) is 9.76. The van der Waals surface area contributed by atoms with Crippen LogP contribution in [0, 0.1) is 81.9 Å². The van der Waals surface area contributed by atoms with E-state index in [0.717, 1.165) is 68.0 Å². The Bertz CT molecular complexity index is 1900. The minimum atomic E-state index is -4.31. The van der Waals surface area contributed by atoms with E-state index in [2.05, 4.69) is 118 Å². The first-order valence-electron chi connectivity index (χ1n) is 32.3. The zero-order valence-corrected chi connectivity index (χ0v) is 59.2. The zero-order chi connectivity index (χ0) is 65.6.